The summed E-state index contributed by atoms with van der Waals surface area (Å²) in [7, 11) is -3.51. The van der Waals surface area contributed by atoms with E-state index in [1.165, 1.54) is 0 Å². The van der Waals surface area contributed by atoms with Gasteiger partial charge in [-0.15, -0.1) is 0 Å². The van der Waals surface area contributed by atoms with E-state index in [-0.39, 0.29) is 16.7 Å². The second kappa shape index (κ2) is 7.15. The van der Waals surface area contributed by atoms with Crippen LogP contribution in [0.1, 0.15) is 23.5 Å². The third-order valence-corrected chi connectivity index (χ3v) is 5.66. The van der Waals surface area contributed by atoms with Gasteiger partial charge in [0.2, 0.25) is 15.9 Å². The Hall–Kier alpha value is -2.18. The summed E-state index contributed by atoms with van der Waals surface area (Å²) in [6.45, 7) is 0.968. The Morgan fingerprint density at radius 1 is 1.04 bits per heavy atom. The van der Waals surface area contributed by atoms with Crippen LogP contribution in [0.25, 0.3) is 0 Å². The molecule has 0 unspecified atom stereocenters. The standard InChI is InChI=1S/C18H20N2O3S/c21-18-12-16(13-19-18)15-6-8-17(9-7-15)24(22,23)20-11-10-14-4-2-1-3-5-14/h1-9,16,20H,10-13H2,(H,19,21)/t16-/m0/s1. The number of rotatable bonds is 6. The Morgan fingerprint density at radius 3 is 2.38 bits per heavy atom. The van der Waals surface area contributed by atoms with Gasteiger partial charge in [-0.1, -0.05) is 42.5 Å². The molecule has 2 aromatic carbocycles. The van der Waals surface area contributed by atoms with Crippen molar-refractivity contribution in [2.24, 2.45) is 0 Å². The minimum absolute atomic E-state index is 0.0410. The van der Waals surface area contributed by atoms with Gasteiger partial charge in [-0.05, 0) is 29.7 Å². The van der Waals surface area contributed by atoms with E-state index in [0.717, 1.165) is 11.1 Å². The fraction of sp³-hybridized carbons (Fsp3) is 0.278. The first kappa shape index (κ1) is 16.7. The van der Waals surface area contributed by atoms with E-state index in [4.69, 9.17) is 0 Å². The largest absolute Gasteiger partial charge is 0.355 e. The molecule has 6 heteroatoms. The second-order valence-electron chi connectivity index (χ2n) is 5.91. The van der Waals surface area contributed by atoms with Gasteiger partial charge in [0.15, 0.2) is 0 Å². The Bertz CT molecular complexity index is 802. The lowest BCUT2D eigenvalue weighted by molar-refractivity contribution is -0.119. The number of benzene rings is 2. The summed E-state index contributed by atoms with van der Waals surface area (Å²) in [5, 5.41) is 2.79. The van der Waals surface area contributed by atoms with Gasteiger partial charge in [0.1, 0.15) is 0 Å². The summed E-state index contributed by atoms with van der Waals surface area (Å²) in [5.41, 5.74) is 2.07. The zero-order chi connectivity index (χ0) is 17.0. The van der Waals surface area contributed by atoms with Crippen molar-refractivity contribution in [3.63, 3.8) is 0 Å². The van der Waals surface area contributed by atoms with Crippen LogP contribution in [0.3, 0.4) is 0 Å². The molecule has 1 fully saturated rings. The van der Waals surface area contributed by atoms with Crippen LogP contribution in [0.5, 0.6) is 0 Å². The maximum absolute atomic E-state index is 12.3. The number of carbonyl (C=O) groups excluding carboxylic acids is 1. The van der Waals surface area contributed by atoms with Crippen molar-refractivity contribution < 1.29 is 13.2 Å². The molecule has 1 saturated heterocycles. The Kier molecular flexibility index (Phi) is 4.97. The number of hydrogen-bond donors (Lipinski definition) is 2. The number of nitrogens with one attached hydrogen (secondary N) is 2. The number of carbonyl (C=O) groups is 1. The van der Waals surface area contributed by atoms with Gasteiger partial charge in [-0.2, -0.15) is 0 Å². The molecule has 1 amide bonds. The maximum Gasteiger partial charge on any atom is 0.240 e. The van der Waals surface area contributed by atoms with E-state index < -0.39 is 10.0 Å². The number of hydrogen-bond acceptors (Lipinski definition) is 3. The highest BCUT2D eigenvalue weighted by Crippen LogP contribution is 2.24. The van der Waals surface area contributed by atoms with Crippen molar-refractivity contribution >= 4 is 15.9 Å². The Morgan fingerprint density at radius 2 is 1.75 bits per heavy atom. The summed E-state index contributed by atoms with van der Waals surface area (Å²) < 4.78 is 27.3. The van der Waals surface area contributed by atoms with Crippen LogP contribution in [0.4, 0.5) is 0 Å². The van der Waals surface area contributed by atoms with Crippen LogP contribution in [0, 0.1) is 0 Å². The molecule has 24 heavy (non-hydrogen) atoms. The third kappa shape index (κ3) is 4.01. The molecule has 0 bridgehead atoms. The second-order valence-corrected chi connectivity index (χ2v) is 7.67. The lowest BCUT2D eigenvalue weighted by Gasteiger charge is -2.10. The molecule has 0 radical (unpaired) electrons. The molecule has 5 nitrogen and oxygen atoms in total. The van der Waals surface area contributed by atoms with Crippen LogP contribution in [0.15, 0.2) is 59.5 Å². The van der Waals surface area contributed by atoms with Gasteiger partial charge in [-0.3, -0.25) is 4.79 Å². The highest BCUT2D eigenvalue weighted by Gasteiger charge is 2.23. The Balaban J connectivity index is 1.61. The molecule has 0 spiro atoms. The highest BCUT2D eigenvalue weighted by molar-refractivity contribution is 7.89. The van der Waals surface area contributed by atoms with Crippen LogP contribution in [-0.2, 0) is 21.2 Å². The fourth-order valence-electron chi connectivity index (χ4n) is 2.82. The molecule has 1 heterocycles. The maximum atomic E-state index is 12.3. The van der Waals surface area contributed by atoms with Crippen LogP contribution in [0.2, 0.25) is 0 Å². The zero-order valence-electron chi connectivity index (χ0n) is 13.2. The van der Waals surface area contributed by atoms with E-state index in [0.29, 0.717) is 25.9 Å². The molecule has 2 aromatic rings. The van der Waals surface area contributed by atoms with Crippen LogP contribution in [-0.4, -0.2) is 27.4 Å². The molecule has 0 aromatic heterocycles. The third-order valence-electron chi connectivity index (χ3n) is 4.19. The zero-order valence-corrected chi connectivity index (χ0v) is 14.1. The average molecular weight is 344 g/mol. The summed E-state index contributed by atoms with van der Waals surface area (Å²) >= 11 is 0. The van der Waals surface area contributed by atoms with Crippen molar-refractivity contribution in [2.45, 2.75) is 23.7 Å². The van der Waals surface area contributed by atoms with Crippen molar-refractivity contribution in [1.29, 1.82) is 0 Å². The summed E-state index contributed by atoms with van der Waals surface area (Å²) in [5.74, 6) is 0.166. The minimum atomic E-state index is -3.51. The molecule has 0 aliphatic carbocycles. The SMILES string of the molecule is O=C1C[C@H](c2ccc(S(=O)(=O)NCCc3ccccc3)cc2)CN1. The minimum Gasteiger partial charge on any atom is -0.355 e. The smallest absolute Gasteiger partial charge is 0.240 e. The number of amides is 1. The molecule has 1 aliphatic heterocycles. The molecular formula is C18H20N2O3S. The van der Waals surface area contributed by atoms with Gasteiger partial charge in [0.25, 0.3) is 0 Å². The molecule has 126 valence electrons. The normalized spacial score (nSPS) is 17.7. The van der Waals surface area contributed by atoms with E-state index in [9.17, 15) is 13.2 Å². The van der Waals surface area contributed by atoms with E-state index in [1.807, 2.05) is 30.3 Å². The van der Waals surface area contributed by atoms with Gasteiger partial charge in [-0.25, -0.2) is 13.1 Å². The summed E-state index contributed by atoms with van der Waals surface area (Å²) in [6.07, 6.45) is 1.11. The predicted molar refractivity (Wildman–Crippen MR) is 92.1 cm³/mol. The average Bonchev–Trinajstić information content (AvgIpc) is 3.02. The summed E-state index contributed by atoms with van der Waals surface area (Å²) in [6, 6.07) is 16.5. The summed E-state index contributed by atoms with van der Waals surface area (Å²) in [4.78, 5) is 11.5. The molecule has 2 N–H and O–H groups in total. The highest BCUT2D eigenvalue weighted by atomic mass is 32.2. The molecule has 1 aliphatic rings. The van der Waals surface area contributed by atoms with Gasteiger partial charge in [0.05, 0.1) is 4.90 Å². The Labute approximate surface area is 142 Å². The van der Waals surface area contributed by atoms with Gasteiger partial charge >= 0.3 is 0 Å². The van der Waals surface area contributed by atoms with Crippen molar-refractivity contribution in [3.8, 4) is 0 Å². The molecule has 1 atom stereocenters. The lowest BCUT2D eigenvalue weighted by atomic mass is 9.99. The van der Waals surface area contributed by atoms with Crippen molar-refractivity contribution in [2.75, 3.05) is 13.1 Å². The van der Waals surface area contributed by atoms with Gasteiger partial charge < -0.3 is 5.32 Å². The quantitative estimate of drug-likeness (QED) is 0.839. The van der Waals surface area contributed by atoms with E-state index in [2.05, 4.69) is 10.0 Å². The number of sulfonamides is 1. The first-order valence-electron chi connectivity index (χ1n) is 7.95. The van der Waals surface area contributed by atoms with Gasteiger partial charge in [0, 0.05) is 25.4 Å². The molecule has 3 rings (SSSR count). The fourth-order valence-corrected chi connectivity index (χ4v) is 3.85. The topological polar surface area (TPSA) is 75.3 Å². The monoisotopic (exact) mass is 344 g/mol. The van der Waals surface area contributed by atoms with E-state index >= 15 is 0 Å². The van der Waals surface area contributed by atoms with E-state index in [1.54, 1.807) is 24.3 Å². The van der Waals surface area contributed by atoms with Crippen molar-refractivity contribution in [3.05, 3.63) is 65.7 Å². The van der Waals surface area contributed by atoms with Crippen LogP contribution >= 0.6 is 0 Å². The molecule has 0 saturated carbocycles. The first-order chi connectivity index (χ1) is 11.5. The first-order valence-corrected chi connectivity index (χ1v) is 9.43. The van der Waals surface area contributed by atoms with Crippen LogP contribution < -0.4 is 10.0 Å². The predicted octanol–water partition coefficient (Wildman–Crippen LogP) is 1.81. The molecular weight excluding hydrogens is 324 g/mol. The van der Waals surface area contributed by atoms with Crippen molar-refractivity contribution in [1.82, 2.24) is 10.0 Å². The lowest BCUT2D eigenvalue weighted by Crippen LogP contribution is -2.26.